The Bertz CT molecular complexity index is 5450. The van der Waals surface area contributed by atoms with Crippen LogP contribution in [-0.4, -0.2) is 39.0 Å². The minimum absolute atomic E-state index is 0.599. The summed E-state index contributed by atoms with van der Waals surface area (Å²) in [4.78, 5) is 30.5. The molecule has 13 aromatic carbocycles. The minimum Gasteiger partial charge on any atom is -0.309 e. The summed E-state index contributed by atoms with van der Waals surface area (Å²) in [6, 6.07) is 107. The molecule has 0 saturated carbocycles. The first-order valence-corrected chi connectivity index (χ1v) is 29.6. The monoisotopic (exact) mass is 1120 g/mol. The molecule has 0 aliphatic rings. The van der Waals surface area contributed by atoms with Gasteiger partial charge in [-0.15, -0.1) is 0 Å². The van der Waals surface area contributed by atoms with E-state index >= 15 is 0 Å². The number of nitrogens with zero attached hydrogens (tertiary/aromatic N) is 8. The van der Waals surface area contributed by atoms with Gasteiger partial charge in [-0.2, -0.15) is 0 Å². The lowest BCUT2D eigenvalue weighted by atomic mass is 9.97. The van der Waals surface area contributed by atoms with E-state index in [-0.39, 0.29) is 0 Å². The zero-order chi connectivity index (χ0) is 58.1. The number of para-hydroxylation sites is 3. The van der Waals surface area contributed by atoms with E-state index in [1.807, 2.05) is 78.9 Å². The van der Waals surface area contributed by atoms with E-state index in [0.717, 1.165) is 94.2 Å². The number of hydrogen-bond donors (Lipinski definition) is 0. The molecule has 0 atom stereocenters. The summed E-state index contributed by atoms with van der Waals surface area (Å²) < 4.78 is 4.76. The van der Waals surface area contributed by atoms with Crippen LogP contribution in [-0.2, 0) is 0 Å². The van der Waals surface area contributed by atoms with Crippen molar-refractivity contribution < 1.29 is 0 Å². The third-order valence-corrected chi connectivity index (χ3v) is 17.0. The van der Waals surface area contributed by atoms with E-state index in [0.29, 0.717) is 34.9 Å². The van der Waals surface area contributed by atoms with Crippen molar-refractivity contribution in [1.29, 1.82) is 0 Å². The molecule has 0 amide bonds. The molecule has 410 valence electrons. The average Bonchev–Trinajstić information content (AvgIpc) is 2.56. The Morgan fingerprint density at radius 1 is 0.193 bits per heavy atom. The van der Waals surface area contributed by atoms with Gasteiger partial charge >= 0.3 is 0 Å². The Morgan fingerprint density at radius 2 is 0.523 bits per heavy atom. The summed E-state index contributed by atoms with van der Waals surface area (Å²) in [6.07, 6.45) is 0. The van der Waals surface area contributed by atoms with Gasteiger partial charge < -0.3 is 9.13 Å². The van der Waals surface area contributed by atoms with E-state index in [4.69, 9.17) is 29.9 Å². The fourth-order valence-corrected chi connectivity index (χ4v) is 12.7. The Morgan fingerprint density at radius 3 is 1.06 bits per heavy atom. The van der Waals surface area contributed by atoms with Crippen LogP contribution in [0.1, 0.15) is 0 Å². The molecule has 88 heavy (non-hydrogen) atoms. The number of aromatic nitrogens is 8. The maximum atomic E-state index is 5.24. The van der Waals surface area contributed by atoms with Crippen LogP contribution in [0.5, 0.6) is 0 Å². The lowest BCUT2D eigenvalue weighted by Crippen LogP contribution is -2.00. The zero-order valence-electron chi connectivity index (χ0n) is 47.4. The fraction of sp³-hybridized carbons (Fsp3) is 0. The van der Waals surface area contributed by atoms with Gasteiger partial charge in [0.05, 0.1) is 22.1 Å². The first-order chi connectivity index (χ1) is 43.6. The van der Waals surface area contributed by atoms with Gasteiger partial charge in [-0.1, -0.05) is 237 Å². The molecular formula is C80H50N8. The van der Waals surface area contributed by atoms with Gasteiger partial charge in [0.25, 0.3) is 0 Å². The molecule has 0 spiro atoms. The number of benzene rings is 13. The molecule has 17 rings (SSSR count). The Hall–Kier alpha value is -12.0. The van der Waals surface area contributed by atoms with Gasteiger partial charge in [0, 0.05) is 66.3 Å². The van der Waals surface area contributed by atoms with E-state index in [9.17, 15) is 0 Å². The number of hydrogen-bond acceptors (Lipinski definition) is 6. The second-order valence-electron chi connectivity index (χ2n) is 22.3. The Kier molecular flexibility index (Phi) is 12.0. The van der Waals surface area contributed by atoms with Crippen molar-refractivity contribution in [3.05, 3.63) is 303 Å². The average molecular weight is 1120 g/mol. The fourth-order valence-electron chi connectivity index (χ4n) is 12.7. The van der Waals surface area contributed by atoms with Crippen LogP contribution < -0.4 is 0 Å². The molecule has 0 N–H and O–H groups in total. The van der Waals surface area contributed by atoms with Gasteiger partial charge in [-0.05, 0) is 111 Å². The zero-order valence-corrected chi connectivity index (χ0v) is 47.4. The summed E-state index contributed by atoms with van der Waals surface area (Å²) in [5.74, 6) is 3.71. The molecule has 0 fully saturated rings. The van der Waals surface area contributed by atoms with Crippen LogP contribution in [0.2, 0.25) is 0 Å². The third-order valence-electron chi connectivity index (χ3n) is 17.0. The number of fused-ring (bicyclic) bond motifs is 8. The highest BCUT2D eigenvalue weighted by Crippen LogP contribution is 2.41. The Labute approximate surface area is 506 Å². The first kappa shape index (κ1) is 50.5. The van der Waals surface area contributed by atoms with Crippen molar-refractivity contribution in [1.82, 2.24) is 39.0 Å². The van der Waals surface area contributed by atoms with Crippen molar-refractivity contribution in [2.75, 3.05) is 0 Å². The largest absolute Gasteiger partial charge is 0.309 e. The number of rotatable bonds is 10. The van der Waals surface area contributed by atoms with Crippen LogP contribution in [0.15, 0.2) is 303 Å². The maximum Gasteiger partial charge on any atom is 0.164 e. The summed E-state index contributed by atoms with van der Waals surface area (Å²) in [6.45, 7) is 0. The third kappa shape index (κ3) is 8.86. The van der Waals surface area contributed by atoms with Crippen LogP contribution >= 0.6 is 0 Å². The molecule has 0 unspecified atom stereocenters. The normalized spacial score (nSPS) is 11.6. The SMILES string of the molecule is c1ccc(-c2nc(-c3ccc(-c4ccc5cc(-n6c7ccccc7c7ccccc76)ccc5c4)cc3)nc(-c3cccc(-c4cccc5c4c4ccccc4n5-c4ccc5cc(-c6nc(-c7ccccc7)nc(-c7ccccc7)n6)ccc5c4)c3)n2)cc1. The topological polar surface area (TPSA) is 87.2 Å². The molecule has 8 nitrogen and oxygen atoms in total. The van der Waals surface area contributed by atoms with Crippen molar-refractivity contribution in [2.45, 2.75) is 0 Å². The van der Waals surface area contributed by atoms with Crippen molar-refractivity contribution in [2.24, 2.45) is 0 Å². The molecule has 0 radical (unpaired) electrons. The quantitative estimate of drug-likeness (QED) is 0.136. The molecule has 0 aliphatic heterocycles. The molecule has 0 aliphatic carbocycles. The van der Waals surface area contributed by atoms with Gasteiger partial charge in [0.2, 0.25) is 0 Å². The smallest absolute Gasteiger partial charge is 0.164 e. The van der Waals surface area contributed by atoms with Crippen LogP contribution in [0.25, 0.3) is 167 Å². The molecule has 17 aromatic rings. The standard InChI is InChI=1S/C80H50N8/c1-4-18-52(19-5-1)75-81-76(53-20-6-2-7-21-53)85-80(84-75)63-41-40-60-50-65(45-43-58(60)47-63)88-72-32-15-12-28-69(72)74-66(29-17-33-73(74)88)61-24-16-25-62(48-61)79-83-77(54-22-8-3-9-23-54)82-78(86-79)55-36-34-51(35-37-55)56-38-39-59-49-64(44-42-57(59)46-56)87-70-30-13-10-26-67(70)68-27-11-14-31-71(68)87/h1-50H. The molecule has 0 saturated heterocycles. The Balaban J connectivity index is 0.701. The van der Waals surface area contributed by atoms with Crippen molar-refractivity contribution in [3.8, 4) is 102 Å². The highest BCUT2D eigenvalue weighted by Gasteiger charge is 2.20. The highest BCUT2D eigenvalue weighted by atomic mass is 15.0. The summed E-state index contributed by atoms with van der Waals surface area (Å²) >= 11 is 0. The predicted molar refractivity (Wildman–Crippen MR) is 360 cm³/mol. The highest BCUT2D eigenvalue weighted by molar-refractivity contribution is 6.16. The molecule has 0 bridgehead atoms. The second kappa shape index (κ2) is 21.0. The van der Waals surface area contributed by atoms with E-state index < -0.39 is 0 Å². The maximum absolute atomic E-state index is 5.24. The van der Waals surface area contributed by atoms with Crippen LogP contribution in [0.3, 0.4) is 0 Å². The lowest BCUT2D eigenvalue weighted by molar-refractivity contribution is 1.07. The first-order valence-electron chi connectivity index (χ1n) is 29.6. The van der Waals surface area contributed by atoms with Gasteiger partial charge in [-0.25, -0.2) is 29.9 Å². The molecule has 4 heterocycles. The van der Waals surface area contributed by atoms with Gasteiger partial charge in [0.15, 0.2) is 34.9 Å². The summed E-state index contributed by atoms with van der Waals surface area (Å²) in [5.41, 5.74) is 16.8. The predicted octanol–water partition coefficient (Wildman–Crippen LogP) is 19.9. The van der Waals surface area contributed by atoms with Crippen LogP contribution in [0.4, 0.5) is 0 Å². The van der Waals surface area contributed by atoms with Gasteiger partial charge in [-0.3, -0.25) is 0 Å². The van der Waals surface area contributed by atoms with E-state index in [1.54, 1.807) is 0 Å². The van der Waals surface area contributed by atoms with E-state index in [1.165, 1.54) is 38.0 Å². The summed E-state index contributed by atoms with van der Waals surface area (Å²) in [7, 11) is 0. The van der Waals surface area contributed by atoms with Crippen molar-refractivity contribution >= 4 is 65.2 Å². The van der Waals surface area contributed by atoms with Crippen LogP contribution in [0, 0.1) is 0 Å². The summed E-state index contributed by atoms with van der Waals surface area (Å²) in [5, 5.41) is 9.40. The molecular weight excluding hydrogens is 1070 g/mol. The van der Waals surface area contributed by atoms with E-state index in [2.05, 4.69) is 234 Å². The molecule has 4 aromatic heterocycles. The lowest BCUT2D eigenvalue weighted by Gasteiger charge is -2.12. The second-order valence-corrected chi connectivity index (χ2v) is 22.3. The molecule has 8 heteroatoms. The minimum atomic E-state index is 0.599. The van der Waals surface area contributed by atoms with Crippen molar-refractivity contribution in [3.63, 3.8) is 0 Å². The van der Waals surface area contributed by atoms with Gasteiger partial charge in [0.1, 0.15) is 0 Å².